The Kier molecular flexibility index (Phi) is 5.93. The molecular formula is C15H27N3O4. The molecule has 0 aliphatic heterocycles. The van der Waals surface area contributed by atoms with E-state index < -0.39 is 29.9 Å². The van der Waals surface area contributed by atoms with E-state index in [4.69, 9.17) is 10.8 Å². The van der Waals surface area contributed by atoms with E-state index in [0.717, 1.165) is 12.8 Å². The van der Waals surface area contributed by atoms with Crippen LogP contribution in [0.1, 0.15) is 47.0 Å². The Hall–Kier alpha value is -1.63. The van der Waals surface area contributed by atoms with Crippen LogP contribution >= 0.6 is 0 Å². The monoisotopic (exact) mass is 313 g/mol. The summed E-state index contributed by atoms with van der Waals surface area (Å²) in [7, 11) is 0. The van der Waals surface area contributed by atoms with Crippen molar-refractivity contribution in [3.05, 3.63) is 0 Å². The highest BCUT2D eigenvalue weighted by Crippen LogP contribution is 2.35. The number of rotatable bonds is 8. The molecule has 1 saturated carbocycles. The van der Waals surface area contributed by atoms with Crippen molar-refractivity contribution in [2.24, 2.45) is 17.6 Å². The van der Waals surface area contributed by atoms with Crippen molar-refractivity contribution in [2.75, 3.05) is 0 Å². The lowest BCUT2D eigenvalue weighted by molar-refractivity contribution is -0.140. The van der Waals surface area contributed by atoms with E-state index >= 15 is 0 Å². The summed E-state index contributed by atoms with van der Waals surface area (Å²) in [6, 6.07) is -1.08. The summed E-state index contributed by atoms with van der Waals surface area (Å²) >= 11 is 0. The van der Waals surface area contributed by atoms with Gasteiger partial charge in [0, 0.05) is 6.04 Å². The van der Waals surface area contributed by atoms with Gasteiger partial charge in [0.1, 0.15) is 5.54 Å². The van der Waals surface area contributed by atoms with Gasteiger partial charge in [-0.1, -0.05) is 13.8 Å². The third kappa shape index (κ3) is 5.29. The summed E-state index contributed by atoms with van der Waals surface area (Å²) in [6.07, 6.45) is 1.75. The van der Waals surface area contributed by atoms with Gasteiger partial charge in [-0.2, -0.15) is 0 Å². The van der Waals surface area contributed by atoms with Crippen molar-refractivity contribution < 1.29 is 19.5 Å². The number of hydrogen-bond donors (Lipinski definition) is 4. The van der Waals surface area contributed by atoms with E-state index in [9.17, 15) is 14.4 Å². The molecule has 5 N–H and O–H groups in total. The van der Waals surface area contributed by atoms with Crippen molar-refractivity contribution in [2.45, 2.75) is 64.6 Å². The molecular weight excluding hydrogens is 286 g/mol. The SMILES string of the molecule is CC(C)C(NC(=O)C(C)(C)NC(=O)[C@@H](N)CC(=O)O)C1CC1. The summed E-state index contributed by atoms with van der Waals surface area (Å²) in [5.41, 5.74) is 4.36. The van der Waals surface area contributed by atoms with Gasteiger partial charge in [-0.25, -0.2) is 0 Å². The first-order chi connectivity index (χ1) is 10.0. The van der Waals surface area contributed by atoms with E-state index in [2.05, 4.69) is 24.5 Å². The zero-order chi connectivity index (χ0) is 17.1. The van der Waals surface area contributed by atoms with E-state index in [0.29, 0.717) is 11.8 Å². The van der Waals surface area contributed by atoms with Crippen LogP contribution < -0.4 is 16.4 Å². The fraction of sp³-hybridized carbons (Fsp3) is 0.800. The molecule has 0 bridgehead atoms. The third-order valence-corrected chi connectivity index (χ3v) is 3.88. The molecule has 0 aromatic heterocycles. The van der Waals surface area contributed by atoms with Crippen LogP contribution in [0.2, 0.25) is 0 Å². The lowest BCUT2D eigenvalue weighted by atomic mass is 9.96. The first-order valence-electron chi connectivity index (χ1n) is 7.65. The molecule has 7 nitrogen and oxygen atoms in total. The number of carboxylic acid groups (broad SMARTS) is 1. The predicted molar refractivity (Wildman–Crippen MR) is 81.9 cm³/mol. The molecule has 7 heteroatoms. The highest BCUT2D eigenvalue weighted by molar-refractivity contribution is 5.93. The summed E-state index contributed by atoms with van der Waals surface area (Å²) in [5.74, 6) is -1.26. The van der Waals surface area contributed by atoms with Crippen LogP contribution in [-0.4, -0.2) is 40.5 Å². The Morgan fingerprint density at radius 1 is 1.27 bits per heavy atom. The fourth-order valence-corrected chi connectivity index (χ4v) is 2.35. The van der Waals surface area contributed by atoms with Crippen LogP contribution in [0.25, 0.3) is 0 Å². The van der Waals surface area contributed by atoms with Crippen molar-refractivity contribution in [1.29, 1.82) is 0 Å². The lowest BCUT2D eigenvalue weighted by Crippen LogP contribution is -2.60. The topological polar surface area (TPSA) is 122 Å². The fourth-order valence-electron chi connectivity index (χ4n) is 2.35. The lowest BCUT2D eigenvalue weighted by Gasteiger charge is -2.30. The van der Waals surface area contributed by atoms with E-state index in [1.807, 2.05) is 0 Å². The molecule has 1 unspecified atom stereocenters. The first-order valence-corrected chi connectivity index (χ1v) is 7.65. The average molecular weight is 313 g/mol. The normalized spacial score (nSPS) is 17.7. The Labute approximate surface area is 131 Å². The Balaban J connectivity index is 2.61. The highest BCUT2D eigenvalue weighted by Gasteiger charge is 2.38. The van der Waals surface area contributed by atoms with Crippen LogP contribution in [0.3, 0.4) is 0 Å². The molecule has 0 aromatic rings. The molecule has 0 spiro atoms. The second kappa shape index (κ2) is 7.09. The number of amides is 2. The summed E-state index contributed by atoms with van der Waals surface area (Å²) < 4.78 is 0. The van der Waals surface area contributed by atoms with Crippen LogP contribution in [0.5, 0.6) is 0 Å². The largest absolute Gasteiger partial charge is 0.481 e. The minimum atomic E-state index is -1.17. The van der Waals surface area contributed by atoms with E-state index in [1.165, 1.54) is 0 Å². The van der Waals surface area contributed by atoms with E-state index in [-0.39, 0.29) is 11.9 Å². The Bertz CT molecular complexity index is 442. The highest BCUT2D eigenvalue weighted by atomic mass is 16.4. The Morgan fingerprint density at radius 3 is 2.23 bits per heavy atom. The maximum Gasteiger partial charge on any atom is 0.305 e. The van der Waals surface area contributed by atoms with Gasteiger partial charge in [-0.3, -0.25) is 14.4 Å². The molecule has 126 valence electrons. The Morgan fingerprint density at radius 2 is 1.82 bits per heavy atom. The van der Waals surface area contributed by atoms with Crippen LogP contribution in [-0.2, 0) is 14.4 Å². The molecule has 2 atom stereocenters. The smallest absolute Gasteiger partial charge is 0.305 e. The zero-order valence-electron chi connectivity index (χ0n) is 13.7. The average Bonchev–Trinajstić information content (AvgIpc) is 3.17. The first kappa shape index (κ1) is 18.4. The van der Waals surface area contributed by atoms with Gasteiger partial charge in [0.05, 0.1) is 12.5 Å². The number of nitrogens with one attached hydrogen (secondary N) is 2. The van der Waals surface area contributed by atoms with Crippen molar-refractivity contribution in [1.82, 2.24) is 10.6 Å². The maximum absolute atomic E-state index is 12.4. The quantitative estimate of drug-likeness (QED) is 0.511. The van der Waals surface area contributed by atoms with Gasteiger partial charge in [0.15, 0.2) is 0 Å². The van der Waals surface area contributed by atoms with Gasteiger partial charge in [0.2, 0.25) is 11.8 Å². The number of carbonyl (C=O) groups excluding carboxylic acids is 2. The summed E-state index contributed by atoms with van der Waals surface area (Å²) in [4.78, 5) is 34.9. The molecule has 0 radical (unpaired) electrons. The summed E-state index contributed by atoms with van der Waals surface area (Å²) in [6.45, 7) is 7.27. The number of nitrogens with two attached hydrogens (primary N) is 1. The second-order valence-electron chi connectivity index (χ2n) is 6.90. The number of carboxylic acids is 1. The van der Waals surface area contributed by atoms with Gasteiger partial charge in [0.25, 0.3) is 0 Å². The van der Waals surface area contributed by atoms with Crippen molar-refractivity contribution in [3.8, 4) is 0 Å². The third-order valence-electron chi connectivity index (χ3n) is 3.88. The molecule has 0 saturated heterocycles. The molecule has 2 amide bonds. The molecule has 0 heterocycles. The maximum atomic E-state index is 12.4. The van der Waals surface area contributed by atoms with Crippen LogP contribution in [0, 0.1) is 11.8 Å². The minimum Gasteiger partial charge on any atom is -0.481 e. The second-order valence-corrected chi connectivity index (χ2v) is 6.90. The van der Waals surface area contributed by atoms with Gasteiger partial charge >= 0.3 is 5.97 Å². The van der Waals surface area contributed by atoms with Crippen molar-refractivity contribution in [3.63, 3.8) is 0 Å². The van der Waals surface area contributed by atoms with Gasteiger partial charge < -0.3 is 21.5 Å². The number of aliphatic carboxylic acids is 1. The molecule has 1 fully saturated rings. The zero-order valence-corrected chi connectivity index (χ0v) is 13.7. The van der Waals surface area contributed by atoms with Gasteiger partial charge in [-0.15, -0.1) is 0 Å². The molecule has 22 heavy (non-hydrogen) atoms. The van der Waals surface area contributed by atoms with Crippen molar-refractivity contribution >= 4 is 17.8 Å². The number of hydrogen-bond acceptors (Lipinski definition) is 4. The minimum absolute atomic E-state index is 0.0939. The predicted octanol–water partition coefficient (Wildman–Crippen LogP) is 0.234. The molecule has 0 aromatic carbocycles. The molecule has 1 rings (SSSR count). The van der Waals surface area contributed by atoms with Gasteiger partial charge in [-0.05, 0) is 38.5 Å². The standard InChI is InChI=1S/C15H27N3O4/c1-8(2)12(9-5-6-9)17-14(22)15(3,4)18-13(21)10(16)7-11(19)20/h8-10,12H,5-7,16H2,1-4H3,(H,17,22)(H,18,21)(H,19,20)/t10-,12?/m0/s1. The van der Waals surface area contributed by atoms with Crippen LogP contribution in [0.15, 0.2) is 0 Å². The number of carbonyl (C=O) groups is 3. The van der Waals surface area contributed by atoms with E-state index in [1.54, 1.807) is 13.8 Å². The molecule has 1 aliphatic rings. The van der Waals surface area contributed by atoms with Crippen LogP contribution in [0.4, 0.5) is 0 Å². The summed E-state index contributed by atoms with van der Waals surface area (Å²) in [5, 5.41) is 14.2. The molecule has 1 aliphatic carbocycles.